The van der Waals surface area contributed by atoms with Crippen LogP contribution < -0.4 is 5.32 Å². The van der Waals surface area contributed by atoms with E-state index in [1.54, 1.807) is 0 Å². The van der Waals surface area contributed by atoms with E-state index < -0.39 is 0 Å². The highest BCUT2D eigenvalue weighted by Gasteiger charge is 2.21. The van der Waals surface area contributed by atoms with Gasteiger partial charge in [0.25, 0.3) is 0 Å². The van der Waals surface area contributed by atoms with Gasteiger partial charge >= 0.3 is 0 Å². The minimum Gasteiger partial charge on any atom is -0.309 e. The average molecular weight is 316 g/mol. The summed E-state index contributed by atoms with van der Waals surface area (Å²) in [5.41, 5.74) is 0. The molecule has 1 aromatic heterocycles. The van der Waals surface area contributed by atoms with Crippen molar-refractivity contribution in [1.29, 1.82) is 0 Å². The van der Waals surface area contributed by atoms with E-state index in [4.69, 9.17) is 0 Å². The van der Waals surface area contributed by atoms with Crippen LogP contribution in [0.5, 0.6) is 0 Å². The molecule has 0 bridgehead atoms. The molecule has 1 saturated carbocycles. The maximum atomic E-state index is 3.72. The van der Waals surface area contributed by atoms with Gasteiger partial charge in [0.1, 0.15) is 0 Å². The molecule has 0 saturated heterocycles. The molecule has 0 amide bonds. The Morgan fingerprint density at radius 3 is 2.76 bits per heavy atom. The van der Waals surface area contributed by atoms with Crippen molar-refractivity contribution in [3.8, 4) is 0 Å². The maximum Gasteiger partial charge on any atom is 0.0701 e. The summed E-state index contributed by atoms with van der Waals surface area (Å²) in [5, 5.41) is 3.72. The summed E-state index contributed by atoms with van der Waals surface area (Å²) in [5.74, 6) is 0.949. The van der Waals surface area contributed by atoms with Crippen LogP contribution in [0.15, 0.2) is 15.9 Å². The van der Waals surface area contributed by atoms with Gasteiger partial charge in [-0.15, -0.1) is 11.3 Å². The Hall–Kier alpha value is 0.140. The van der Waals surface area contributed by atoms with Crippen LogP contribution in [0.4, 0.5) is 0 Å². The van der Waals surface area contributed by atoms with Crippen molar-refractivity contribution in [3.63, 3.8) is 0 Å². The topological polar surface area (TPSA) is 12.0 Å². The fourth-order valence-electron chi connectivity index (χ4n) is 2.71. The first-order valence-corrected chi connectivity index (χ1v) is 8.39. The number of nitrogens with one attached hydrogen (secondary N) is 1. The highest BCUT2D eigenvalue weighted by Crippen LogP contribution is 2.36. The third-order valence-electron chi connectivity index (χ3n) is 3.62. The van der Waals surface area contributed by atoms with Gasteiger partial charge in [-0.2, -0.15) is 0 Å². The van der Waals surface area contributed by atoms with Crippen LogP contribution in [-0.2, 0) is 0 Å². The molecule has 17 heavy (non-hydrogen) atoms. The Kier molecular flexibility index (Phi) is 5.51. The van der Waals surface area contributed by atoms with Gasteiger partial charge in [0.15, 0.2) is 0 Å². The number of hydrogen-bond donors (Lipinski definition) is 1. The van der Waals surface area contributed by atoms with Crippen molar-refractivity contribution >= 4 is 27.3 Å². The predicted molar refractivity (Wildman–Crippen MR) is 79.6 cm³/mol. The van der Waals surface area contributed by atoms with E-state index in [0.717, 1.165) is 12.5 Å². The van der Waals surface area contributed by atoms with Crippen molar-refractivity contribution in [3.05, 3.63) is 20.8 Å². The molecule has 1 aromatic rings. The molecule has 96 valence electrons. The Morgan fingerprint density at radius 2 is 2.18 bits per heavy atom. The van der Waals surface area contributed by atoms with E-state index in [9.17, 15) is 0 Å². The Bertz CT molecular complexity index is 331. The number of halogens is 1. The monoisotopic (exact) mass is 315 g/mol. The molecule has 1 aliphatic rings. The number of hydrogen-bond acceptors (Lipinski definition) is 2. The fraction of sp³-hybridized carbons (Fsp3) is 0.714. The zero-order chi connectivity index (χ0) is 12.1. The lowest BCUT2D eigenvalue weighted by Crippen LogP contribution is -2.23. The van der Waals surface area contributed by atoms with Crippen molar-refractivity contribution < 1.29 is 0 Å². The van der Waals surface area contributed by atoms with E-state index in [1.165, 1.54) is 47.2 Å². The van der Waals surface area contributed by atoms with Crippen molar-refractivity contribution in [2.24, 2.45) is 5.92 Å². The summed E-state index contributed by atoms with van der Waals surface area (Å²) >= 11 is 5.46. The summed E-state index contributed by atoms with van der Waals surface area (Å²) in [7, 11) is 0. The Balaban J connectivity index is 1.96. The SMILES string of the molecule is CCCNC(CC1CCCC1)c1ccc(Br)s1. The summed E-state index contributed by atoms with van der Waals surface area (Å²) in [4.78, 5) is 1.50. The minimum absolute atomic E-state index is 0.578. The average Bonchev–Trinajstić information content (AvgIpc) is 2.95. The Labute approximate surface area is 117 Å². The van der Waals surface area contributed by atoms with E-state index in [-0.39, 0.29) is 0 Å². The normalized spacial score (nSPS) is 18.7. The zero-order valence-corrected chi connectivity index (χ0v) is 12.9. The number of thiophene rings is 1. The van der Waals surface area contributed by atoms with Crippen LogP contribution in [0.25, 0.3) is 0 Å². The summed E-state index contributed by atoms with van der Waals surface area (Å²) in [6.07, 6.45) is 8.31. The molecule has 1 nitrogen and oxygen atoms in total. The van der Waals surface area contributed by atoms with Gasteiger partial charge in [-0.3, -0.25) is 0 Å². The van der Waals surface area contributed by atoms with Crippen LogP contribution in [0.3, 0.4) is 0 Å². The first-order chi connectivity index (χ1) is 8.29. The Morgan fingerprint density at radius 1 is 1.41 bits per heavy atom. The summed E-state index contributed by atoms with van der Waals surface area (Å²) in [6.45, 7) is 3.37. The molecule has 1 aliphatic carbocycles. The molecule has 0 spiro atoms. The molecule has 1 N–H and O–H groups in total. The largest absolute Gasteiger partial charge is 0.309 e. The second-order valence-corrected chi connectivity index (χ2v) is 7.53. The smallest absolute Gasteiger partial charge is 0.0701 e. The van der Waals surface area contributed by atoms with E-state index in [1.807, 2.05) is 11.3 Å². The molecule has 3 heteroatoms. The molecule has 1 atom stereocenters. The van der Waals surface area contributed by atoms with Crippen molar-refractivity contribution in [1.82, 2.24) is 5.32 Å². The standard InChI is InChI=1S/C14H22BrNS/c1-2-9-16-12(10-11-5-3-4-6-11)13-7-8-14(15)17-13/h7-8,11-12,16H,2-6,9-10H2,1H3. The molecule has 0 aliphatic heterocycles. The first kappa shape index (κ1) is 13.6. The van der Waals surface area contributed by atoms with E-state index >= 15 is 0 Å². The number of rotatable bonds is 6. The van der Waals surface area contributed by atoms with Gasteiger partial charge in [0.2, 0.25) is 0 Å². The van der Waals surface area contributed by atoms with Gasteiger partial charge in [0, 0.05) is 10.9 Å². The maximum absolute atomic E-state index is 3.72. The minimum atomic E-state index is 0.578. The molecular formula is C14H22BrNS. The second kappa shape index (κ2) is 6.91. The zero-order valence-electron chi connectivity index (χ0n) is 10.5. The molecule has 0 aromatic carbocycles. The highest BCUT2D eigenvalue weighted by atomic mass is 79.9. The lowest BCUT2D eigenvalue weighted by Gasteiger charge is -2.20. The predicted octanol–water partition coefficient (Wildman–Crippen LogP) is 5.13. The molecule has 2 rings (SSSR count). The molecule has 1 fully saturated rings. The van der Waals surface area contributed by atoms with Gasteiger partial charge in [-0.25, -0.2) is 0 Å². The van der Waals surface area contributed by atoms with Gasteiger partial charge < -0.3 is 5.32 Å². The first-order valence-electron chi connectivity index (χ1n) is 6.78. The lowest BCUT2D eigenvalue weighted by molar-refractivity contribution is 0.399. The fourth-order valence-corrected chi connectivity index (χ4v) is 4.23. The van der Waals surface area contributed by atoms with Crippen molar-refractivity contribution in [2.45, 2.75) is 51.5 Å². The molecule has 1 unspecified atom stereocenters. The van der Waals surface area contributed by atoms with Gasteiger partial charge in [-0.1, -0.05) is 32.6 Å². The third kappa shape index (κ3) is 4.08. The van der Waals surface area contributed by atoms with E-state index in [0.29, 0.717) is 6.04 Å². The van der Waals surface area contributed by atoms with E-state index in [2.05, 4.69) is 40.3 Å². The van der Waals surface area contributed by atoms with Gasteiger partial charge in [-0.05, 0) is 53.4 Å². The van der Waals surface area contributed by atoms with Crippen LogP contribution >= 0.6 is 27.3 Å². The summed E-state index contributed by atoms with van der Waals surface area (Å²) < 4.78 is 1.25. The van der Waals surface area contributed by atoms with Crippen LogP contribution in [0.2, 0.25) is 0 Å². The lowest BCUT2D eigenvalue weighted by atomic mass is 9.97. The molecule has 0 radical (unpaired) electrons. The quantitative estimate of drug-likeness (QED) is 0.767. The third-order valence-corrected chi connectivity index (χ3v) is 5.36. The molecule has 1 heterocycles. The van der Waals surface area contributed by atoms with Crippen LogP contribution in [0.1, 0.15) is 56.4 Å². The second-order valence-electron chi connectivity index (χ2n) is 5.03. The summed E-state index contributed by atoms with van der Waals surface area (Å²) in [6, 6.07) is 5.03. The van der Waals surface area contributed by atoms with Gasteiger partial charge in [0.05, 0.1) is 3.79 Å². The highest BCUT2D eigenvalue weighted by molar-refractivity contribution is 9.11. The van der Waals surface area contributed by atoms with Crippen molar-refractivity contribution in [2.75, 3.05) is 6.54 Å². The van der Waals surface area contributed by atoms with Crippen LogP contribution in [-0.4, -0.2) is 6.54 Å². The van der Waals surface area contributed by atoms with Crippen LogP contribution in [0, 0.1) is 5.92 Å². The molecular weight excluding hydrogens is 294 g/mol.